The molecule has 0 aliphatic carbocycles. The number of benzene rings is 2. The Balaban J connectivity index is 1.56. The van der Waals surface area contributed by atoms with Gasteiger partial charge < -0.3 is 20.3 Å². The standard InChI is InChI=1S/C25H25N5O4/c1-15-13-16(28-11-4-7-21(28)31)8-9-20(15)29-12-10-19-22(24(26)32)27-30(23(19)25(29)33)17-5-3-6-18(14-17)34-2/h3,5-6,8-9,13-14H,4,7,10-12H2,1-2H3,(H2,26,32). The van der Waals surface area contributed by atoms with E-state index in [2.05, 4.69) is 5.10 Å². The maximum atomic E-state index is 13.8. The fourth-order valence-corrected chi connectivity index (χ4v) is 4.75. The third kappa shape index (κ3) is 3.49. The van der Waals surface area contributed by atoms with E-state index in [4.69, 9.17) is 10.5 Å². The molecule has 34 heavy (non-hydrogen) atoms. The van der Waals surface area contributed by atoms with E-state index in [1.165, 1.54) is 4.68 Å². The summed E-state index contributed by atoms with van der Waals surface area (Å²) in [5.74, 6) is -0.218. The summed E-state index contributed by atoms with van der Waals surface area (Å²) < 4.78 is 6.78. The Labute approximate surface area is 196 Å². The molecule has 1 fully saturated rings. The van der Waals surface area contributed by atoms with E-state index in [0.29, 0.717) is 48.6 Å². The molecule has 2 N–H and O–H groups in total. The van der Waals surface area contributed by atoms with Gasteiger partial charge in [-0.05, 0) is 55.7 Å². The molecule has 0 spiro atoms. The van der Waals surface area contributed by atoms with Crippen LogP contribution < -0.4 is 20.3 Å². The highest BCUT2D eigenvalue weighted by atomic mass is 16.5. The van der Waals surface area contributed by atoms with Crippen LogP contribution in [0.5, 0.6) is 5.75 Å². The first-order valence-electron chi connectivity index (χ1n) is 11.2. The van der Waals surface area contributed by atoms with Crippen LogP contribution in [0.1, 0.15) is 44.9 Å². The summed E-state index contributed by atoms with van der Waals surface area (Å²) in [5.41, 5.74) is 9.63. The second-order valence-corrected chi connectivity index (χ2v) is 8.48. The number of methoxy groups -OCH3 is 1. The van der Waals surface area contributed by atoms with Gasteiger partial charge in [-0.1, -0.05) is 6.07 Å². The predicted octanol–water partition coefficient (Wildman–Crippen LogP) is 2.62. The lowest BCUT2D eigenvalue weighted by atomic mass is 10.0. The number of carbonyl (C=O) groups excluding carboxylic acids is 3. The zero-order valence-electron chi connectivity index (χ0n) is 19.1. The van der Waals surface area contributed by atoms with Crippen molar-refractivity contribution in [3.63, 3.8) is 0 Å². The minimum absolute atomic E-state index is 0.102. The van der Waals surface area contributed by atoms with Crippen LogP contribution in [0, 0.1) is 6.92 Å². The molecule has 0 atom stereocenters. The number of hydrogen-bond donors (Lipinski definition) is 1. The maximum Gasteiger partial charge on any atom is 0.277 e. The van der Waals surface area contributed by atoms with Gasteiger partial charge in [-0.15, -0.1) is 0 Å². The molecule has 0 unspecified atom stereocenters. The van der Waals surface area contributed by atoms with Crippen molar-refractivity contribution in [1.82, 2.24) is 9.78 Å². The first-order chi connectivity index (χ1) is 16.4. The van der Waals surface area contributed by atoms with Gasteiger partial charge in [-0.2, -0.15) is 5.10 Å². The molecular formula is C25H25N5O4. The number of ether oxygens (including phenoxy) is 1. The average molecular weight is 460 g/mol. The Bertz CT molecular complexity index is 1330. The van der Waals surface area contributed by atoms with Crippen molar-refractivity contribution in [3.8, 4) is 11.4 Å². The number of amides is 3. The summed E-state index contributed by atoms with van der Waals surface area (Å²) >= 11 is 0. The lowest BCUT2D eigenvalue weighted by molar-refractivity contribution is -0.117. The number of aryl methyl sites for hydroxylation is 1. The summed E-state index contributed by atoms with van der Waals surface area (Å²) in [4.78, 5) is 41.5. The highest BCUT2D eigenvalue weighted by Crippen LogP contribution is 2.33. The first kappa shape index (κ1) is 21.7. The van der Waals surface area contributed by atoms with Gasteiger partial charge >= 0.3 is 0 Å². The Hall–Kier alpha value is -4.14. The van der Waals surface area contributed by atoms with Crippen LogP contribution in [-0.4, -0.2) is 47.7 Å². The fraction of sp³-hybridized carbons (Fsp3) is 0.280. The van der Waals surface area contributed by atoms with Crippen molar-refractivity contribution in [1.29, 1.82) is 0 Å². The SMILES string of the molecule is COc1cccc(-n2nc(C(N)=O)c3c2C(=O)N(c2ccc(N4CCCC4=O)cc2C)CC3)c1. The summed E-state index contributed by atoms with van der Waals surface area (Å²) in [6.45, 7) is 3.02. The van der Waals surface area contributed by atoms with Crippen molar-refractivity contribution < 1.29 is 19.1 Å². The minimum atomic E-state index is -0.671. The lowest BCUT2D eigenvalue weighted by Gasteiger charge is -2.29. The van der Waals surface area contributed by atoms with Crippen LogP contribution >= 0.6 is 0 Å². The Morgan fingerprint density at radius 1 is 1.03 bits per heavy atom. The first-order valence-corrected chi connectivity index (χ1v) is 11.2. The van der Waals surface area contributed by atoms with Gasteiger partial charge in [0.05, 0.1) is 12.8 Å². The summed E-state index contributed by atoms with van der Waals surface area (Å²) in [7, 11) is 1.56. The number of hydrogen-bond acceptors (Lipinski definition) is 5. The van der Waals surface area contributed by atoms with E-state index in [-0.39, 0.29) is 17.5 Å². The van der Waals surface area contributed by atoms with Crippen LogP contribution in [0.25, 0.3) is 5.69 Å². The zero-order chi connectivity index (χ0) is 24.0. The van der Waals surface area contributed by atoms with Crippen molar-refractivity contribution in [2.24, 2.45) is 5.73 Å². The molecule has 2 aromatic carbocycles. The van der Waals surface area contributed by atoms with Crippen LogP contribution in [0.3, 0.4) is 0 Å². The second-order valence-electron chi connectivity index (χ2n) is 8.48. The van der Waals surface area contributed by atoms with E-state index in [0.717, 1.165) is 23.4 Å². The number of primary amides is 1. The molecular weight excluding hydrogens is 434 g/mol. The summed E-state index contributed by atoms with van der Waals surface area (Å²) in [5, 5.41) is 4.41. The molecule has 2 aliphatic heterocycles. The Morgan fingerprint density at radius 3 is 2.53 bits per heavy atom. The van der Waals surface area contributed by atoms with Gasteiger partial charge in [-0.3, -0.25) is 14.4 Å². The number of nitrogens with two attached hydrogens (primary N) is 1. The monoisotopic (exact) mass is 459 g/mol. The van der Waals surface area contributed by atoms with E-state index in [9.17, 15) is 14.4 Å². The molecule has 1 aromatic heterocycles. The average Bonchev–Trinajstić information content (AvgIpc) is 3.44. The molecule has 174 valence electrons. The van der Waals surface area contributed by atoms with Crippen molar-refractivity contribution in [3.05, 3.63) is 65.0 Å². The molecule has 0 bridgehead atoms. The van der Waals surface area contributed by atoms with Gasteiger partial charge in [0.1, 0.15) is 11.4 Å². The van der Waals surface area contributed by atoms with Gasteiger partial charge in [0.2, 0.25) is 5.91 Å². The van der Waals surface area contributed by atoms with Crippen LogP contribution in [0.15, 0.2) is 42.5 Å². The van der Waals surface area contributed by atoms with Crippen molar-refractivity contribution in [2.75, 3.05) is 30.0 Å². The van der Waals surface area contributed by atoms with Gasteiger partial charge in [0, 0.05) is 42.5 Å². The molecule has 0 saturated carbocycles. The third-order valence-electron chi connectivity index (χ3n) is 6.40. The molecule has 2 aliphatic rings. The van der Waals surface area contributed by atoms with E-state index >= 15 is 0 Å². The number of fused-ring (bicyclic) bond motifs is 1. The smallest absolute Gasteiger partial charge is 0.277 e. The summed E-state index contributed by atoms with van der Waals surface area (Å²) in [6.07, 6.45) is 1.85. The number of anilines is 2. The molecule has 3 aromatic rings. The van der Waals surface area contributed by atoms with E-state index < -0.39 is 5.91 Å². The molecule has 5 rings (SSSR count). The quantitative estimate of drug-likeness (QED) is 0.631. The summed E-state index contributed by atoms with van der Waals surface area (Å²) in [6, 6.07) is 12.8. The van der Waals surface area contributed by atoms with Gasteiger partial charge in [-0.25, -0.2) is 4.68 Å². The van der Waals surface area contributed by atoms with E-state index in [1.807, 2.05) is 25.1 Å². The Kier molecular flexibility index (Phi) is 5.31. The third-order valence-corrected chi connectivity index (χ3v) is 6.40. The van der Waals surface area contributed by atoms with Crippen molar-refractivity contribution >= 4 is 29.1 Å². The number of rotatable bonds is 5. The predicted molar refractivity (Wildman–Crippen MR) is 127 cm³/mol. The zero-order valence-corrected chi connectivity index (χ0v) is 19.1. The number of carbonyl (C=O) groups is 3. The number of aromatic nitrogens is 2. The maximum absolute atomic E-state index is 13.8. The van der Waals surface area contributed by atoms with Crippen LogP contribution in [0.2, 0.25) is 0 Å². The van der Waals surface area contributed by atoms with Crippen molar-refractivity contribution in [2.45, 2.75) is 26.2 Å². The normalized spacial score (nSPS) is 15.6. The second kappa shape index (κ2) is 8.33. The fourth-order valence-electron chi connectivity index (χ4n) is 4.75. The van der Waals surface area contributed by atoms with E-state index in [1.54, 1.807) is 41.2 Å². The van der Waals surface area contributed by atoms with Gasteiger partial charge in [0.25, 0.3) is 11.8 Å². The lowest BCUT2D eigenvalue weighted by Crippen LogP contribution is -2.39. The molecule has 1 saturated heterocycles. The molecule has 3 heterocycles. The molecule has 9 nitrogen and oxygen atoms in total. The minimum Gasteiger partial charge on any atom is -0.497 e. The highest BCUT2D eigenvalue weighted by molar-refractivity contribution is 6.10. The van der Waals surface area contributed by atoms with Crippen LogP contribution in [-0.2, 0) is 11.2 Å². The topological polar surface area (TPSA) is 111 Å². The number of nitrogens with zero attached hydrogens (tertiary/aromatic N) is 4. The highest BCUT2D eigenvalue weighted by Gasteiger charge is 2.35. The van der Waals surface area contributed by atoms with Crippen LogP contribution in [0.4, 0.5) is 11.4 Å². The largest absolute Gasteiger partial charge is 0.497 e. The molecule has 9 heteroatoms. The molecule has 0 radical (unpaired) electrons. The molecule has 3 amide bonds. The Morgan fingerprint density at radius 2 is 1.85 bits per heavy atom. The van der Waals surface area contributed by atoms with Gasteiger partial charge in [0.15, 0.2) is 5.69 Å².